The van der Waals surface area contributed by atoms with E-state index in [0.717, 1.165) is 17.8 Å². The van der Waals surface area contributed by atoms with Gasteiger partial charge >= 0.3 is 0 Å². The molecule has 0 fully saturated rings. The number of phenolic OH excluding ortho intramolecular Hbond substituents is 3. The molecule has 0 amide bonds. The first-order chi connectivity index (χ1) is 20.3. The number of aromatic nitrogens is 4. The third-order valence-electron chi connectivity index (χ3n) is 6.45. The molecule has 5 N–H and O–H groups in total. The molecule has 0 aliphatic heterocycles. The second-order valence-corrected chi connectivity index (χ2v) is 10.2. The van der Waals surface area contributed by atoms with E-state index in [1.165, 1.54) is 41.6 Å². The molecule has 5 rings (SSSR count). The average molecular weight is 576 g/mol. The van der Waals surface area contributed by atoms with Gasteiger partial charge < -0.3 is 21.1 Å². The first-order valence-corrected chi connectivity index (χ1v) is 13.2. The quantitative estimate of drug-likeness (QED) is 0.151. The molecule has 0 saturated carbocycles. The van der Waals surface area contributed by atoms with Gasteiger partial charge in [-0.3, -0.25) is 4.79 Å². The summed E-state index contributed by atoms with van der Waals surface area (Å²) >= 11 is 0.906. The van der Waals surface area contributed by atoms with Crippen molar-refractivity contribution in [3.8, 4) is 40.5 Å². The molecule has 11 nitrogen and oxygen atoms in total. The van der Waals surface area contributed by atoms with Crippen LogP contribution < -0.4 is 5.73 Å². The Labute approximate surface area is 243 Å². The lowest BCUT2D eigenvalue weighted by atomic mass is 9.96. The zero-order chi connectivity index (χ0) is 29.8. The number of nitrogens with two attached hydrogens (primary N) is 1. The predicted molar refractivity (Wildman–Crippen MR) is 154 cm³/mol. The van der Waals surface area contributed by atoms with E-state index in [-0.39, 0.29) is 56.1 Å². The number of hydrogen-bond acceptors (Lipinski definition) is 11. The smallest absolute Gasteiger partial charge is 0.178 e. The number of Topliss-reactive ketones (excluding diaryl/α,β-unsaturated/α-hetero) is 1. The number of carbonyl (C=O) groups excluding carboxylic acids is 1. The Kier molecular flexibility index (Phi) is 7.73. The number of phenols is 3. The number of rotatable bonds is 8. The molecule has 42 heavy (non-hydrogen) atoms. The number of carbonyl (C=O) groups is 1. The Balaban J connectivity index is 1.76. The van der Waals surface area contributed by atoms with E-state index in [2.05, 4.69) is 21.1 Å². The van der Waals surface area contributed by atoms with Crippen molar-refractivity contribution in [2.75, 3.05) is 5.73 Å². The van der Waals surface area contributed by atoms with Crippen LogP contribution in [-0.4, -0.2) is 46.1 Å². The normalized spacial score (nSPS) is 12.1. The third kappa shape index (κ3) is 5.30. The number of ketones is 1. The van der Waals surface area contributed by atoms with Crippen LogP contribution in [0, 0.1) is 22.7 Å². The largest absolute Gasteiger partial charge is 0.508 e. The first-order valence-electron chi connectivity index (χ1n) is 12.4. The van der Waals surface area contributed by atoms with E-state index in [1.807, 2.05) is 6.07 Å². The van der Waals surface area contributed by atoms with Gasteiger partial charge in [0.15, 0.2) is 5.78 Å². The van der Waals surface area contributed by atoms with E-state index in [0.29, 0.717) is 11.1 Å². The molecule has 2 unspecified atom stereocenters. The molecule has 0 saturated heterocycles. The van der Waals surface area contributed by atoms with Gasteiger partial charge in [-0.25, -0.2) is 14.6 Å². The second kappa shape index (κ2) is 11.7. The summed E-state index contributed by atoms with van der Waals surface area (Å²) < 4.78 is 1.39. The Morgan fingerprint density at radius 1 is 0.929 bits per heavy atom. The molecular weight excluding hydrogens is 554 g/mol. The average Bonchev–Trinajstić information content (AvgIpc) is 3.52. The monoisotopic (exact) mass is 575 g/mol. The van der Waals surface area contributed by atoms with Crippen LogP contribution in [0.1, 0.15) is 33.1 Å². The lowest BCUT2D eigenvalue weighted by Crippen LogP contribution is -2.31. The summed E-state index contributed by atoms with van der Waals surface area (Å²) in [4.78, 5) is 22.6. The topological polar surface area (TPSA) is 195 Å². The van der Waals surface area contributed by atoms with Gasteiger partial charge in [0.05, 0.1) is 5.56 Å². The number of nitrogen functional groups attached to an aromatic ring is 1. The number of thioether (sulfide) groups is 1. The van der Waals surface area contributed by atoms with Gasteiger partial charge in [0, 0.05) is 22.8 Å². The highest BCUT2D eigenvalue weighted by molar-refractivity contribution is 8.00. The van der Waals surface area contributed by atoms with Crippen molar-refractivity contribution in [3.05, 3.63) is 108 Å². The standard InChI is InChI=1S/C30H21N7O4S/c31-13-22-25(18-7-4-8-19(38)11-18)23(14-32)30(36-29(22)33)42-28(27(41)17-5-2-1-3-6-17)26(37-16-34-15-35-37)21-10-9-20(39)12-24(21)40/h1-12,15-16,26,28,38-40H,(H2,33,36). The molecule has 0 aliphatic carbocycles. The highest BCUT2D eigenvalue weighted by Crippen LogP contribution is 2.43. The van der Waals surface area contributed by atoms with Crippen molar-refractivity contribution in [3.63, 3.8) is 0 Å². The molecule has 3 aromatic carbocycles. The lowest BCUT2D eigenvalue weighted by Gasteiger charge is -2.27. The number of pyridine rings is 1. The fourth-order valence-electron chi connectivity index (χ4n) is 4.57. The van der Waals surface area contributed by atoms with Gasteiger partial charge in [-0.05, 0) is 29.8 Å². The third-order valence-corrected chi connectivity index (χ3v) is 7.69. The van der Waals surface area contributed by atoms with Crippen molar-refractivity contribution in [2.24, 2.45) is 0 Å². The Bertz CT molecular complexity index is 1870. The fourth-order valence-corrected chi connectivity index (χ4v) is 5.87. The maximum Gasteiger partial charge on any atom is 0.178 e. The highest BCUT2D eigenvalue weighted by Gasteiger charge is 2.37. The minimum absolute atomic E-state index is 0.0329. The Morgan fingerprint density at radius 3 is 2.31 bits per heavy atom. The van der Waals surface area contributed by atoms with E-state index in [1.54, 1.807) is 42.5 Å². The predicted octanol–water partition coefficient (Wildman–Crippen LogP) is 4.42. The van der Waals surface area contributed by atoms with Crippen molar-refractivity contribution in [1.82, 2.24) is 19.7 Å². The number of anilines is 1. The van der Waals surface area contributed by atoms with Crippen LogP contribution >= 0.6 is 11.8 Å². The minimum atomic E-state index is -1.12. The van der Waals surface area contributed by atoms with Gasteiger partial charge in [-0.1, -0.05) is 54.2 Å². The SMILES string of the molecule is N#Cc1c(N)nc(SC(C(=O)c2ccccc2)C(c2ccc(O)cc2O)n2cncn2)c(C#N)c1-c1cccc(O)c1. The molecule has 5 aromatic rings. The van der Waals surface area contributed by atoms with Gasteiger partial charge in [0.25, 0.3) is 0 Å². The van der Waals surface area contributed by atoms with Gasteiger partial charge in [0.2, 0.25) is 0 Å². The summed E-state index contributed by atoms with van der Waals surface area (Å²) in [6.07, 6.45) is 2.66. The summed E-state index contributed by atoms with van der Waals surface area (Å²) in [5.41, 5.74) is 7.22. The maximum atomic E-state index is 14.2. The van der Waals surface area contributed by atoms with Crippen molar-refractivity contribution >= 4 is 23.4 Å². The highest BCUT2D eigenvalue weighted by atomic mass is 32.2. The first kappa shape index (κ1) is 27.7. The molecule has 0 aliphatic rings. The molecule has 0 radical (unpaired) electrons. The van der Waals surface area contributed by atoms with E-state index in [4.69, 9.17) is 5.73 Å². The number of nitriles is 2. The number of nitrogens with zero attached hydrogens (tertiary/aromatic N) is 6. The maximum absolute atomic E-state index is 14.2. The van der Waals surface area contributed by atoms with Crippen LogP contribution in [-0.2, 0) is 0 Å². The summed E-state index contributed by atoms with van der Waals surface area (Å²) in [6.45, 7) is 0. The van der Waals surface area contributed by atoms with E-state index in [9.17, 15) is 30.6 Å². The molecule has 2 atom stereocenters. The van der Waals surface area contributed by atoms with Crippen LogP contribution in [0.2, 0.25) is 0 Å². The van der Waals surface area contributed by atoms with Crippen LogP contribution in [0.25, 0.3) is 11.1 Å². The molecule has 2 heterocycles. The second-order valence-electron chi connectivity index (χ2n) is 9.03. The zero-order valence-electron chi connectivity index (χ0n) is 21.7. The van der Waals surface area contributed by atoms with Crippen molar-refractivity contribution in [1.29, 1.82) is 10.5 Å². The molecule has 0 spiro atoms. The van der Waals surface area contributed by atoms with Gasteiger partial charge in [-0.15, -0.1) is 0 Å². The van der Waals surface area contributed by atoms with Crippen LogP contribution in [0.15, 0.2) is 90.5 Å². The number of hydrogen-bond donors (Lipinski definition) is 4. The summed E-state index contributed by atoms with van der Waals surface area (Å²) in [7, 11) is 0. The number of aromatic hydroxyl groups is 3. The summed E-state index contributed by atoms with van der Waals surface area (Å²) in [5, 5.41) is 54.3. The van der Waals surface area contributed by atoms with Crippen LogP contribution in [0.5, 0.6) is 17.2 Å². The molecular formula is C30H21N7O4S. The Hall–Kier alpha value is -5.85. The van der Waals surface area contributed by atoms with Crippen molar-refractivity contribution < 1.29 is 20.1 Å². The molecule has 0 bridgehead atoms. The minimum Gasteiger partial charge on any atom is -0.508 e. The van der Waals surface area contributed by atoms with E-state index < -0.39 is 11.3 Å². The molecule has 12 heteroatoms. The van der Waals surface area contributed by atoms with Crippen LogP contribution in [0.4, 0.5) is 5.82 Å². The summed E-state index contributed by atoms with van der Waals surface area (Å²) in [6, 6.07) is 21.5. The fraction of sp³-hybridized carbons (Fsp3) is 0.0667. The van der Waals surface area contributed by atoms with Gasteiger partial charge in [0.1, 0.15) is 69.7 Å². The van der Waals surface area contributed by atoms with Crippen LogP contribution in [0.3, 0.4) is 0 Å². The molecule has 2 aromatic heterocycles. The van der Waals surface area contributed by atoms with Crippen molar-refractivity contribution in [2.45, 2.75) is 16.3 Å². The summed E-state index contributed by atoms with van der Waals surface area (Å²) in [5.74, 6) is -1.13. The van der Waals surface area contributed by atoms with E-state index >= 15 is 0 Å². The van der Waals surface area contributed by atoms with Gasteiger partial charge in [-0.2, -0.15) is 15.6 Å². The zero-order valence-corrected chi connectivity index (χ0v) is 22.5. The lowest BCUT2D eigenvalue weighted by molar-refractivity contribution is 0.0974. The number of benzene rings is 3. The molecule has 206 valence electrons. The Morgan fingerprint density at radius 2 is 1.67 bits per heavy atom.